The number of ether oxygens (including phenoxy) is 1. The number of nitrogens with zero attached hydrogens (tertiary/aromatic N) is 6. The fraction of sp³-hybridized carbons (Fsp3) is 0.222. The van der Waals surface area contributed by atoms with E-state index in [1.165, 1.54) is 0 Å². The molecular formula is C18H16N6O3. The number of hydrogen-bond donors (Lipinski definition) is 0. The van der Waals surface area contributed by atoms with E-state index >= 15 is 0 Å². The van der Waals surface area contributed by atoms with E-state index in [-0.39, 0.29) is 12.5 Å². The van der Waals surface area contributed by atoms with Crippen molar-refractivity contribution in [2.24, 2.45) is 7.05 Å². The molecule has 0 N–H and O–H groups in total. The molecule has 0 spiro atoms. The van der Waals surface area contributed by atoms with Crippen LogP contribution < -0.4 is 0 Å². The average molecular weight is 364 g/mol. The van der Waals surface area contributed by atoms with Crippen molar-refractivity contribution in [1.29, 1.82) is 0 Å². The van der Waals surface area contributed by atoms with Crippen molar-refractivity contribution in [3.63, 3.8) is 0 Å². The van der Waals surface area contributed by atoms with Crippen LogP contribution in [-0.2, 0) is 18.4 Å². The van der Waals surface area contributed by atoms with Gasteiger partial charge >= 0.3 is 5.97 Å². The highest BCUT2D eigenvalue weighted by Gasteiger charge is 2.20. The fourth-order valence-corrected chi connectivity index (χ4v) is 2.86. The van der Waals surface area contributed by atoms with E-state index in [0.717, 1.165) is 5.56 Å². The number of carbonyl (C=O) groups is 1. The minimum Gasteiger partial charge on any atom is -0.452 e. The van der Waals surface area contributed by atoms with Gasteiger partial charge in [0.2, 0.25) is 5.82 Å². The first-order valence-electron chi connectivity index (χ1n) is 8.24. The predicted molar refractivity (Wildman–Crippen MR) is 94.6 cm³/mol. The van der Waals surface area contributed by atoms with Crippen molar-refractivity contribution < 1.29 is 14.1 Å². The summed E-state index contributed by atoms with van der Waals surface area (Å²) in [4.78, 5) is 25.3. The Morgan fingerprint density at radius 1 is 1.30 bits per heavy atom. The fourth-order valence-electron chi connectivity index (χ4n) is 2.86. The van der Waals surface area contributed by atoms with Gasteiger partial charge in [-0.25, -0.2) is 9.78 Å². The topological polar surface area (TPSA) is 109 Å². The van der Waals surface area contributed by atoms with Crippen LogP contribution in [0.3, 0.4) is 0 Å². The summed E-state index contributed by atoms with van der Waals surface area (Å²) in [5.74, 6) is 0.0919. The molecule has 4 rings (SSSR count). The molecule has 0 fully saturated rings. The zero-order valence-corrected chi connectivity index (χ0v) is 15.0. The van der Waals surface area contributed by atoms with Crippen molar-refractivity contribution in [1.82, 2.24) is 29.9 Å². The number of aromatic nitrogens is 6. The van der Waals surface area contributed by atoms with Crippen molar-refractivity contribution in [2.75, 3.05) is 0 Å². The van der Waals surface area contributed by atoms with Crippen molar-refractivity contribution >= 4 is 17.0 Å². The summed E-state index contributed by atoms with van der Waals surface area (Å²) in [5.41, 5.74) is 3.18. The van der Waals surface area contributed by atoms with Gasteiger partial charge in [0, 0.05) is 30.7 Å². The summed E-state index contributed by atoms with van der Waals surface area (Å²) in [7, 11) is 1.79. The molecule has 0 aliphatic rings. The molecule has 0 radical (unpaired) electrons. The number of carbonyl (C=O) groups excluding carboxylic acids is 1. The van der Waals surface area contributed by atoms with E-state index in [2.05, 4.69) is 25.2 Å². The molecule has 27 heavy (non-hydrogen) atoms. The molecule has 0 aromatic carbocycles. The van der Waals surface area contributed by atoms with Gasteiger partial charge in [0.25, 0.3) is 5.89 Å². The van der Waals surface area contributed by atoms with E-state index in [1.54, 1.807) is 36.3 Å². The van der Waals surface area contributed by atoms with E-state index in [4.69, 9.17) is 9.26 Å². The van der Waals surface area contributed by atoms with Gasteiger partial charge in [-0.05, 0) is 32.0 Å². The van der Waals surface area contributed by atoms with Crippen LogP contribution in [0.5, 0.6) is 0 Å². The Morgan fingerprint density at radius 2 is 2.15 bits per heavy atom. The van der Waals surface area contributed by atoms with Crippen LogP contribution in [0.2, 0.25) is 0 Å². The number of hydrogen-bond acceptors (Lipinski definition) is 8. The maximum atomic E-state index is 12.6. The minimum atomic E-state index is -0.497. The number of aryl methyl sites for hydroxylation is 3. The second-order valence-electron chi connectivity index (χ2n) is 6.05. The molecule has 136 valence electrons. The van der Waals surface area contributed by atoms with E-state index < -0.39 is 5.97 Å². The van der Waals surface area contributed by atoms with Crippen molar-refractivity contribution in [3.05, 3.63) is 53.4 Å². The molecule has 0 saturated carbocycles. The molecule has 4 aromatic rings. The van der Waals surface area contributed by atoms with Crippen LogP contribution in [0.25, 0.3) is 22.4 Å². The summed E-state index contributed by atoms with van der Waals surface area (Å²) in [5, 5.41) is 8.88. The smallest absolute Gasteiger partial charge is 0.339 e. The van der Waals surface area contributed by atoms with Crippen LogP contribution in [0, 0.1) is 13.8 Å². The highest BCUT2D eigenvalue weighted by atomic mass is 16.6. The number of rotatable bonds is 4. The maximum absolute atomic E-state index is 12.6. The summed E-state index contributed by atoms with van der Waals surface area (Å²) in [6.45, 7) is 3.51. The zero-order chi connectivity index (χ0) is 19.0. The minimum absolute atomic E-state index is 0.131. The van der Waals surface area contributed by atoms with Gasteiger partial charge in [-0.2, -0.15) is 10.1 Å². The molecule has 0 bridgehead atoms. The summed E-state index contributed by atoms with van der Waals surface area (Å²) in [6, 6.07) is 5.28. The van der Waals surface area contributed by atoms with Gasteiger partial charge in [0.05, 0.1) is 16.6 Å². The summed E-state index contributed by atoms with van der Waals surface area (Å²) >= 11 is 0. The first kappa shape index (κ1) is 16.8. The van der Waals surface area contributed by atoms with Gasteiger partial charge in [-0.3, -0.25) is 9.67 Å². The largest absolute Gasteiger partial charge is 0.452 e. The predicted octanol–water partition coefficient (Wildman–Crippen LogP) is 2.39. The lowest BCUT2D eigenvalue weighted by atomic mass is 10.1. The number of pyridine rings is 2. The molecule has 0 atom stereocenters. The van der Waals surface area contributed by atoms with Gasteiger partial charge in [-0.15, -0.1) is 0 Å². The first-order chi connectivity index (χ1) is 13.0. The van der Waals surface area contributed by atoms with Crippen LogP contribution >= 0.6 is 0 Å². The van der Waals surface area contributed by atoms with Crippen LogP contribution in [0.4, 0.5) is 0 Å². The number of fused-ring (bicyclic) bond motifs is 1. The second-order valence-corrected chi connectivity index (χ2v) is 6.05. The monoisotopic (exact) mass is 364 g/mol. The highest BCUT2D eigenvalue weighted by Crippen LogP contribution is 2.23. The maximum Gasteiger partial charge on any atom is 0.339 e. The molecule has 0 saturated heterocycles. The van der Waals surface area contributed by atoms with Crippen LogP contribution in [0.1, 0.15) is 27.6 Å². The summed E-state index contributed by atoms with van der Waals surface area (Å²) < 4.78 is 12.2. The van der Waals surface area contributed by atoms with Crippen molar-refractivity contribution in [2.45, 2.75) is 20.5 Å². The zero-order valence-electron chi connectivity index (χ0n) is 15.0. The molecule has 4 heterocycles. The first-order valence-corrected chi connectivity index (χ1v) is 8.24. The number of esters is 1. The quantitative estimate of drug-likeness (QED) is 0.508. The summed E-state index contributed by atoms with van der Waals surface area (Å²) in [6.07, 6.45) is 3.28. The lowest BCUT2D eigenvalue weighted by molar-refractivity contribution is 0.0432. The second kappa shape index (κ2) is 6.60. The molecular weight excluding hydrogens is 348 g/mol. The lowest BCUT2D eigenvalue weighted by Gasteiger charge is -2.05. The molecule has 0 unspecified atom stereocenters. The molecule has 0 aliphatic heterocycles. The Kier molecular flexibility index (Phi) is 4.11. The molecule has 0 aliphatic carbocycles. The average Bonchev–Trinajstić information content (AvgIpc) is 3.25. The molecule has 9 heteroatoms. The normalized spacial score (nSPS) is 11.1. The lowest BCUT2D eigenvalue weighted by Crippen LogP contribution is -2.08. The molecule has 9 nitrogen and oxygen atoms in total. The third-order valence-corrected chi connectivity index (χ3v) is 4.03. The molecule has 0 amide bonds. The third kappa shape index (κ3) is 3.14. The Labute approximate surface area is 154 Å². The van der Waals surface area contributed by atoms with E-state index in [9.17, 15) is 4.79 Å². The van der Waals surface area contributed by atoms with Crippen LogP contribution in [-0.4, -0.2) is 35.9 Å². The Bertz CT molecular complexity index is 1130. The Balaban J connectivity index is 1.56. The molecule has 4 aromatic heterocycles. The SMILES string of the molecule is Cc1cc(C(=O)OCc2nc(-c3cccnc3)no2)c2c(C)nn(C)c2n1. The van der Waals surface area contributed by atoms with Gasteiger partial charge < -0.3 is 9.26 Å². The van der Waals surface area contributed by atoms with Gasteiger partial charge in [-0.1, -0.05) is 5.16 Å². The Morgan fingerprint density at radius 3 is 2.93 bits per heavy atom. The van der Waals surface area contributed by atoms with Gasteiger partial charge in [0.1, 0.15) is 0 Å². The third-order valence-electron chi connectivity index (χ3n) is 4.03. The Hall–Kier alpha value is -3.62. The van der Waals surface area contributed by atoms with E-state index in [0.29, 0.717) is 33.8 Å². The van der Waals surface area contributed by atoms with Crippen LogP contribution in [0.15, 0.2) is 35.1 Å². The standard InChI is InChI=1S/C18H16N6O3/c1-10-7-13(15-11(2)22-24(3)17(15)20-10)18(25)26-9-14-21-16(23-27-14)12-5-4-6-19-8-12/h4-8H,9H2,1-3H3. The van der Waals surface area contributed by atoms with E-state index in [1.807, 2.05) is 19.9 Å². The highest BCUT2D eigenvalue weighted by molar-refractivity contribution is 6.03. The van der Waals surface area contributed by atoms with Gasteiger partial charge in [0.15, 0.2) is 12.3 Å². The van der Waals surface area contributed by atoms with Crippen molar-refractivity contribution in [3.8, 4) is 11.4 Å².